The molecule has 6 heteroatoms. The third-order valence-corrected chi connectivity index (χ3v) is 3.27. The maximum atomic E-state index is 11.5. The highest BCUT2D eigenvalue weighted by Crippen LogP contribution is 2.23. The summed E-state index contributed by atoms with van der Waals surface area (Å²) in [7, 11) is 0. The first-order valence-electron chi connectivity index (χ1n) is 6.08. The number of furan rings is 1. The van der Waals surface area contributed by atoms with Gasteiger partial charge < -0.3 is 15.5 Å². The quantitative estimate of drug-likeness (QED) is 0.878. The van der Waals surface area contributed by atoms with Gasteiger partial charge in [0.15, 0.2) is 5.76 Å². The molecule has 102 valence electrons. The molecule has 2 heterocycles. The second-order valence-corrected chi connectivity index (χ2v) is 5.54. The minimum absolute atomic E-state index is 0.0718. The van der Waals surface area contributed by atoms with Gasteiger partial charge in [0, 0.05) is 17.8 Å². The topological polar surface area (TPSA) is 81.2 Å². The molecular formula is C13H17N3O2S. The van der Waals surface area contributed by atoms with Crippen LogP contribution in [0.3, 0.4) is 0 Å². The maximum Gasteiger partial charge on any atom is 0.221 e. The van der Waals surface area contributed by atoms with Crippen LogP contribution < -0.4 is 11.1 Å². The van der Waals surface area contributed by atoms with Crippen molar-refractivity contribution in [2.24, 2.45) is 5.73 Å². The minimum atomic E-state index is -0.134. The van der Waals surface area contributed by atoms with Crippen molar-refractivity contribution in [1.82, 2.24) is 10.3 Å². The van der Waals surface area contributed by atoms with E-state index < -0.39 is 0 Å². The Morgan fingerprint density at radius 2 is 2.37 bits per heavy atom. The van der Waals surface area contributed by atoms with Crippen LogP contribution in [0, 0.1) is 6.92 Å². The Morgan fingerprint density at radius 3 is 3.00 bits per heavy atom. The van der Waals surface area contributed by atoms with Gasteiger partial charge in [-0.25, -0.2) is 4.98 Å². The second-order valence-electron chi connectivity index (χ2n) is 4.48. The van der Waals surface area contributed by atoms with Crippen molar-refractivity contribution < 1.29 is 9.21 Å². The molecule has 0 aliphatic heterocycles. The van der Waals surface area contributed by atoms with Crippen molar-refractivity contribution in [2.45, 2.75) is 32.9 Å². The van der Waals surface area contributed by atoms with Gasteiger partial charge in [-0.15, -0.1) is 11.3 Å². The van der Waals surface area contributed by atoms with E-state index in [-0.39, 0.29) is 11.9 Å². The van der Waals surface area contributed by atoms with E-state index in [9.17, 15) is 4.79 Å². The Hall–Kier alpha value is -1.66. The zero-order valence-corrected chi connectivity index (χ0v) is 11.8. The van der Waals surface area contributed by atoms with Crippen molar-refractivity contribution in [1.29, 1.82) is 0 Å². The molecular weight excluding hydrogens is 262 g/mol. The summed E-state index contributed by atoms with van der Waals surface area (Å²) >= 11 is 1.58. The summed E-state index contributed by atoms with van der Waals surface area (Å²) in [6, 6.07) is 3.57. The van der Waals surface area contributed by atoms with E-state index in [0.29, 0.717) is 18.7 Å². The first-order chi connectivity index (χ1) is 9.04. The zero-order chi connectivity index (χ0) is 13.8. The lowest BCUT2D eigenvalue weighted by Gasteiger charge is -2.05. The first-order valence-corrected chi connectivity index (χ1v) is 6.96. The van der Waals surface area contributed by atoms with Crippen molar-refractivity contribution >= 4 is 17.2 Å². The molecule has 2 rings (SSSR count). The number of aryl methyl sites for hydroxylation is 1. The molecule has 0 saturated heterocycles. The summed E-state index contributed by atoms with van der Waals surface area (Å²) in [5, 5.41) is 5.72. The fraction of sp³-hybridized carbons (Fsp3) is 0.385. The number of nitrogens with one attached hydrogen (secondary N) is 1. The number of amides is 1. The first kappa shape index (κ1) is 13.8. The average molecular weight is 279 g/mol. The highest BCUT2D eigenvalue weighted by Gasteiger charge is 2.09. The van der Waals surface area contributed by atoms with E-state index in [1.54, 1.807) is 18.3 Å². The molecule has 0 aliphatic carbocycles. The van der Waals surface area contributed by atoms with Crippen LogP contribution in [-0.2, 0) is 11.3 Å². The Bertz CT molecular complexity index is 560. The van der Waals surface area contributed by atoms with E-state index in [0.717, 1.165) is 16.5 Å². The van der Waals surface area contributed by atoms with Crippen LogP contribution in [0.2, 0.25) is 0 Å². The number of hydrogen-bond donors (Lipinski definition) is 2. The van der Waals surface area contributed by atoms with E-state index >= 15 is 0 Å². The highest BCUT2D eigenvalue weighted by atomic mass is 32.1. The Balaban J connectivity index is 1.93. The largest absolute Gasteiger partial charge is 0.458 e. The summed E-state index contributed by atoms with van der Waals surface area (Å²) in [6.45, 7) is 4.12. The molecule has 2 aromatic heterocycles. The number of thiazole rings is 1. The predicted octanol–water partition coefficient (Wildman–Crippen LogP) is 2.07. The molecule has 1 atom stereocenters. The number of carbonyl (C=O) groups is 1. The monoisotopic (exact) mass is 279 g/mol. The van der Waals surface area contributed by atoms with Gasteiger partial charge in [0.05, 0.1) is 11.6 Å². The van der Waals surface area contributed by atoms with Crippen LogP contribution in [-0.4, -0.2) is 16.9 Å². The van der Waals surface area contributed by atoms with E-state index in [1.165, 1.54) is 0 Å². The molecule has 0 radical (unpaired) electrons. The van der Waals surface area contributed by atoms with Gasteiger partial charge in [-0.05, 0) is 26.0 Å². The zero-order valence-electron chi connectivity index (χ0n) is 11.0. The van der Waals surface area contributed by atoms with Crippen LogP contribution in [0.4, 0.5) is 0 Å². The fourth-order valence-electron chi connectivity index (χ4n) is 1.64. The summed E-state index contributed by atoms with van der Waals surface area (Å²) in [5.74, 6) is 1.36. The average Bonchev–Trinajstić information content (AvgIpc) is 2.94. The third-order valence-electron chi connectivity index (χ3n) is 2.50. The number of aromatic nitrogens is 1. The molecule has 0 fully saturated rings. The SMILES string of the molecule is Cc1nc(-c2ccc(CNC(=O)CC(C)N)o2)cs1. The molecule has 1 amide bonds. The number of nitrogens with two attached hydrogens (primary N) is 1. The number of nitrogens with zero attached hydrogens (tertiary/aromatic N) is 1. The molecule has 1 unspecified atom stereocenters. The summed E-state index contributed by atoms with van der Waals surface area (Å²) < 4.78 is 5.64. The van der Waals surface area contributed by atoms with Gasteiger partial charge in [0.1, 0.15) is 11.5 Å². The van der Waals surface area contributed by atoms with Gasteiger partial charge >= 0.3 is 0 Å². The third kappa shape index (κ3) is 3.90. The van der Waals surface area contributed by atoms with Crippen LogP contribution in [0.1, 0.15) is 24.1 Å². The van der Waals surface area contributed by atoms with E-state index in [4.69, 9.17) is 10.2 Å². The maximum absolute atomic E-state index is 11.5. The second kappa shape index (κ2) is 5.99. The molecule has 0 spiro atoms. The predicted molar refractivity (Wildman–Crippen MR) is 74.7 cm³/mol. The standard InChI is InChI=1S/C13H17N3O2S/c1-8(14)5-13(17)15-6-10-3-4-12(18-10)11-7-19-9(2)16-11/h3-4,7-8H,5-6,14H2,1-2H3,(H,15,17). The van der Waals surface area contributed by atoms with Gasteiger partial charge in [0.2, 0.25) is 5.91 Å². The van der Waals surface area contributed by atoms with E-state index in [2.05, 4.69) is 10.3 Å². The lowest BCUT2D eigenvalue weighted by molar-refractivity contribution is -0.121. The molecule has 2 aromatic rings. The number of carbonyl (C=O) groups excluding carboxylic acids is 1. The van der Waals surface area contributed by atoms with E-state index in [1.807, 2.05) is 24.4 Å². The molecule has 3 N–H and O–H groups in total. The van der Waals surface area contributed by atoms with Crippen LogP contribution in [0.5, 0.6) is 0 Å². The molecule has 5 nitrogen and oxygen atoms in total. The summed E-state index contributed by atoms with van der Waals surface area (Å²) in [6.07, 6.45) is 0.318. The normalized spacial score (nSPS) is 12.4. The van der Waals surface area contributed by atoms with Crippen molar-refractivity contribution in [3.8, 4) is 11.5 Å². The van der Waals surface area contributed by atoms with Gasteiger partial charge in [-0.2, -0.15) is 0 Å². The summed E-state index contributed by atoms with van der Waals surface area (Å²) in [4.78, 5) is 15.8. The van der Waals surface area contributed by atoms with Crippen molar-refractivity contribution in [3.05, 3.63) is 28.3 Å². The fourth-order valence-corrected chi connectivity index (χ4v) is 2.24. The van der Waals surface area contributed by atoms with Crippen molar-refractivity contribution in [3.63, 3.8) is 0 Å². The lowest BCUT2D eigenvalue weighted by atomic mass is 10.2. The van der Waals surface area contributed by atoms with Crippen LogP contribution in [0.15, 0.2) is 21.9 Å². The van der Waals surface area contributed by atoms with Crippen LogP contribution in [0.25, 0.3) is 11.5 Å². The smallest absolute Gasteiger partial charge is 0.221 e. The Kier molecular flexibility index (Phi) is 4.34. The highest BCUT2D eigenvalue weighted by molar-refractivity contribution is 7.09. The molecule has 0 bridgehead atoms. The van der Waals surface area contributed by atoms with Gasteiger partial charge in [-0.3, -0.25) is 4.79 Å². The van der Waals surface area contributed by atoms with Gasteiger partial charge in [-0.1, -0.05) is 0 Å². The molecule has 0 aromatic carbocycles. The molecule has 19 heavy (non-hydrogen) atoms. The Labute approximate surface area is 115 Å². The number of hydrogen-bond acceptors (Lipinski definition) is 5. The summed E-state index contributed by atoms with van der Waals surface area (Å²) in [5.41, 5.74) is 6.38. The van der Waals surface area contributed by atoms with Crippen molar-refractivity contribution in [2.75, 3.05) is 0 Å². The van der Waals surface area contributed by atoms with Crippen LogP contribution >= 0.6 is 11.3 Å². The minimum Gasteiger partial charge on any atom is -0.458 e. The number of rotatable bonds is 5. The Morgan fingerprint density at radius 1 is 1.58 bits per heavy atom. The molecule has 0 saturated carbocycles. The van der Waals surface area contributed by atoms with Gasteiger partial charge in [0.25, 0.3) is 0 Å². The lowest BCUT2D eigenvalue weighted by Crippen LogP contribution is -2.29. The molecule has 0 aliphatic rings.